The van der Waals surface area contributed by atoms with Crippen LogP contribution in [0.1, 0.15) is 33.4 Å². The zero-order chi connectivity index (χ0) is 31.1. The number of aromatic nitrogens is 4. The molecule has 0 saturated carbocycles. The molecule has 0 radical (unpaired) electrons. The van der Waals surface area contributed by atoms with Crippen LogP contribution in [-0.2, 0) is 5.41 Å². The lowest BCUT2D eigenvalue weighted by Crippen LogP contribution is -2.39. The van der Waals surface area contributed by atoms with E-state index in [4.69, 9.17) is 15.0 Å². The van der Waals surface area contributed by atoms with E-state index in [0.717, 1.165) is 16.7 Å². The minimum Gasteiger partial charge on any atom is -0.265 e. The predicted molar refractivity (Wildman–Crippen MR) is 186 cm³/mol. The first kappa shape index (κ1) is 27.8. The fraction of sp³-hybridized carbons (Fsp3) is 0.0952. The maximum Gasteiger partial charge on any atom is 0.164 e. The number of hydrogen-bond donors (Lipinski definition) is 0. The van der Waals surface area contributed by atoms with Crippen molar-refractivity contribution in [2.45, 2.75) is 19.3 Å². The lowest BCUT2D eigenvalue weighted by molar-refractivity contribution is 0.517. The average molecular weight is 593 g/mol. The van der Waals surface area contributed by atoms with E-state index in [1.165, 1.54) is 39.0 Å². The Labute approximate surface area is 269 Å². The summed E-state index contributed by atoms with van der Waals surface area (Å²) in [6.07, 6.45) is 15.1. The molecule has 46 heavy (non-hydrogen) atoms. The van der Waals surface area contributed by atoms with E-state index in [9.17, 15) is 0 Å². The number of benzene rings is 4. The Hall–Kier alpha value is -5.74. The molecule has 2 aliphatic rings. The number of pyridine rings is 1. The molecule has 4 aromatic carbocycles. The zero-order valence-corrected chi connectivity index (χ0v) is 25.8. The zero-order valence-electron chi connectivity index (χ0n) is 25.8. The van der Waals surface area contributed by atoms with Crippen LogP contribution in [0.15, 0.2) is 152 Å². The van der Waals surface area contributed by atoms with Gasteiger partial charge in [0, 0.05) is 35.0 Å². The molecule has 0 aliphatic heterocycles. The van der Waals surface area contributed by atoms with Crippen LogP contribution in [0.3, 0.4) is 0 Å². The minimum atomic E-state index is -0.492. The first-order valence-electron chi connectivity index (χ1n) is 15.7. The van der Waals surface area contributed by atoms with E-state index >= 15 is 0 Å². The van der Waals surface area contributed by atoms with Gasteiger partial charge in [-0.05, 0) is 59.9 Å². The van der Waals surface area contributed by atoms with Gasteiger partial charge in [-0.25, -0.2) is 15.0 Å². The molecule has 6 aromatic rings. The number of allylic oxidation sites excluding steroid dienone is 6. The molecule has 2 heterocycles. The first-order chi connectivity index (χ1) is 22.6. The highest BCUT2D eigenvalue weighted by molar-refractivity contribution is 5.84. The molecule has 2 unspecified atom stereocenters. The second-order valence-electron chi connectivity index (χ2n) is 12.1. The monoisotopic (exact) mass is 592 g/mol. The molecule has 4 heteroatoms. The second-order valence-corrected chi connectivity index (χ2v) is 12.1. The van der Waals surface area contributed by atoms with Crippen molar-refractivity contribution in [3.8, 4) is 34.2 Å². The standard InChI is InChI=1S/C42H32N4/c1-28-12-16-30(17-13-28)39-44-40(31-18-14-29(2)15-19-31)46-41(45-39)33-20-21-37-32-8-6-7-11-36(26-32)42(38(37)27-33,34-9-4-3-5-10-34)35-22-24-43-25-23-35/h3-27,36H,1-2H3. The average Bonchev–Trinajstić information content (AvgIpc) is 3.34. The number of aryl methyl sites for hydroxylation is 2. The molecule has 4 nitrogen and oxygen atoms in total. The smallest absolute Gasteiger partial charge is 0.164 e. The predicted octanol–water partition coefficient (Wildman–Crippen LogP) is 9.36. The van der Waals surface area contributed by atoms with Crippen molar-refractivity contribution in [1.29, 1.82) is 0 Å². The van der Waals surface area contributed by atoms with Crippen LogP contribution < -0.4 is 0 Å². The fourth-order valence-corrected chi connectivity index (χ4v) is 6.88. The van der Waals surface area contributed by atoms with E-state index in [0.29, 0.717) is 17.5 Å². The van der Waals surface area contributed by atoms with Gasteiger partial charge in [0.25, 0.3) is 0 Å². The first-order valence-corrected chi connectivity index (χ1v) is 15.7. The summed E-state index contributed by atoms with van der Waals surface area (Å²) in [5.41, 5.74) is 10.8. The van der Waals surface area contributed by atoms with E-state index in [-0.39, 0.29) is 5.92 Å². The van der Waals surface area contributed by atoms with Crippen LogP contribution >= 0.6 is 0 Å². The van der Waals surface area contributed by atoms with Crippen LogP contribution in [0, 0.1) is 19.8 Å². The summed E-state index contributed by atoms with van der Waals surface area (Å²) in [5, 5.41) is 0. The summed E-state index contributed by atoms with van der Waals surface area (Å²) in [6.45, 7) is 4.18. The summed E-state index contributed by atoms with van der Waals surface area (Å²) in [6, 6.07) is 38.6. The van der Waals surface area contributed by atoms with Gasteiger partial charge in [0.15, 0.2) is 17.5 Å². The van der Waals surface area contributed by atoms with Gasteiger partial charge in [-0.3, -0.25) is 4.98 Å². The minimum absolute atomic E-state index is 0.0784. The van der Waals surface area contributed by atoms with Crippen LogP contribution in [0.4, 0.5) is 0 Å². The molecule has 0 amide bonds. The quantitative estimate of drug-likeness (QED) is 0.200. The Balaban J connectivity index is 1.40. The van der Waals surface area contributed by atoms with E-state index in [1.54, 1.807) is 0 Å². The molecule has 0 spiro atoms. The maximum absolute atomic E-state index is 5.10. The third-order valence-corrected chi connectivity index (χ3v) is 9.20. The van der Waals surface area contributed by atoms with Crippen LogP contribution in [-0.4, -0.2) is 19.9 Å². The van der Waals surface area contributed by atoms with Gasteiger partial charge >= 0.3 is 0 Å². The van der Waals surface area contributed by atoms with Crippen LogP contribution in [0.5, 0.6) is 0 Å². The number of hydrogen-bond acceptors (Lipinski definition) is 4. The maximum atomic E-state index is 5.10. The molecule has 0 fully saturated rings. The Morgan fingerprint density at radius 1 is 0.565 bits per heavy atom. The largest absolute Gasteiger partial charge is 0.265 e. The molecule has 220 valence electrons. The van der Waals surface area contributed by atoms with E-state index in [1.807, 2.05) is 12.4 Å². The molecular formula is C42H32N4. The van der Waals surface area contributed by atoms with Gasteiger partial charge in [-0.2, -0.15) is 0 Å². The van der Waals surface area contributed by atoms with Crippen molar-refractivity contribution >= 4 is 5.57 Å². The van der Waals surface area contributed by atoms with Crippen molar-refractivity contribution in [3.63, 3.8) is 0 Å². The Kier molecular flexibility index (Phi) is 6.84. The van der Waals surface area contributed by atoms with Crippen molar-refractivity contribution in [3.05, 3.63) is 185 Å². The summed E-state index contributed by atoms with van der Waals surface area (Å²) in [7, 11) is 0. The van der Waals surface area contributed by atoms with Crippen molar-refractivity contribution in [2.75, 3.05) is 0 Å². The van der Waals surface area contributed by atoms with Crippen molar-refractivity contribution in [2.24, 2.45) is 5.92 Å². The summed E-state index contributed by atoms with van der Waals surface area (Å²) in [5.74, 6) is 2.04. The van der Waals surface area contributed by atoms with Crippen molar-refractivity contribution < 1.29 is 0 Å². The summed E-state index contributed by atoms with van der Waals surface area (Å²) < 4.78 is 0. The number of fused-ring (bicyclic) bond motifs is 3. The number of nitrogens with zero attached hydrogens (tertiary/aromatic N) is 4. The highest BCUT2D eigenvalue weighted by atomic mass is 15.0. The van der Waals surface area contributed by atoms with Gasteiger partial charge in [0.1, 0.15) is 0 Å². The molecular weight excluding hydrogens is 560 g/mol. The second kappa shape index (κ2) is 11.3. The molecule has 2 aromatic heterocycles. The van der Waals surface area contributed by atoms with Crippen molar-refractivity contribution in [1.82, 2.24) is 19.9 Å². The lowest BCUT2D eigenvalue weighted by Gasteiger charge is -2.44. The molecule has 8 rings (SSSR count). The van der Waals surface area contributed by atoms with E-state index in [2.05, 4.69) is 158 Å². The third kappa shape index (κ3) is 4.70. The van der Waals surface area contributed by atoms with E-state index < -0.39 is 5.41 Å². The third-order valence-electron chi connectivity index (χ3n) is 9.20. The molecule has 2 aliphatic carbocycles. The normalized spacial score (nSPS) is 18.0. The molecule has 2 atom stereocenters. The van der Waals surface area contributed by atoms with Gasteiger partial charge in [-0.1, -0.05) is 133 Å². The van der Waals surface area contributed by atoms with Crippen LogP contribution in [0.25, 0.3) is 39.7 Å². The Morgan fingerprint density at radius 2 is 1.13 bits per heavy atom. The summed E-state index contributed by atoms with van der Waals surface area (Å²) in [4.78, 5) is 19.6. The Bertz CT molecular complexity index is 2040. The molecule has 0 saturated heterocycles. The topological polar surface area (TPSA) is 51.6 Å². The fourth-order valence-electron chi connectivity index (χ4n) is 6.88. The lowest BCUT2D eigenvalue weighted by atomic mass is 9.57. The summed E-state index contributed by atoms with van der Waals surface area (Å²) >= 11 is 0. The van der Waals surface area contributed by atoms with Crippen LogP contribution in [0.2, 0.25) is 0 Å². The van der Waals surface area contributed by atoms with Gasteiger partial charge in [0.2, 0.25) is 0 Å². The van der Waals surface area contributed by atoms with Gasteiger partial charge in [-0.15, -0.1) is 0 Å². The highest BCUT2D eigenvalue weighted by Crippen LogP contribution is 2.53. The molecule has 0 N–H and O–H groups in total. The van der Waals surface area contributed by atoms with Gasteiger partial charge < -0.3 is 0 Å². The molecule has 2 bridgehead atoms. The number of rotatable bonds is 5. The SMILES string of the molecule is Cc1ccc(-c2nc(-c3ccc(C)cc3)nc(-c3ccc4c(c3)C(c3ccccc3)(c3ccncc3)C3C=CC=CC4=C3)n2)cc1. The Morgan fingerprint density at radius 3 is 1.76 bits per heavy atom. The highest BCUT2D eigenvalue weighted by Gasteiger charge is 2.46. The van der Waals surface area contributed by atoms with Gasteiger partial charge in [0.05, 0.1) is 5.41 Å².